The van der Waals surface area contributed by atoms with Crippen molar-refractivity contribution in [3.8, 4) is 5.75 Å². The van der Waals surface area contributed by atoms with Crippen molar-refractivity contribution in [1.82, 2.24) is 9.80 Å². The first-order valence-electron chi connectivity index (χ1n) is 10.2. The third-order valence-electron chi connectivity index (χ3n) is 7.03. The van der Waals surface area contributed by atoms with Gasteiger partial charge in [-0.25, -0.2) is 0 Å². The van der Waals surface area contributed by atoms with Gasteiger partial charge in [0.15, 0.2) is 0 Å². The van der Waals surface area contributed by atoms with Crippen LogP contribution in [0.1, 0.15) is 18.4 Å². The van der Waals surface area contributed by atoms with Gasteiger partial charge in [0.25, 0.3) is 0 Å². The quantitative estimate of drug-likeness (QED) is 0.810. The standard InChI is InChI=1S/C23H30N2O2/c1-24(2)12-19-20-14-25(15-23(20)11-10-22(19)27-23)13-18-17-7-5-4-6-16(17)8-9-21(18)26-3/h4-9,19-20,22H,10-15H2,1-3H3/t19-,20+,22+,23+/m0/s1. The van der Waals surface area contributed by atoms with E-state index in [2.05, 4.69) is 60.3 Å². The molecule has 4 nitrogen and oxygen atoms in total. The SMILES string of the molecule is COc1ccc2ccccc2c1CN1C[C@@H]2[C@H](CN(C)C)[C@H]3CC[C@]2(C1)O3. The molecule has 2 aromatic carbocycles. The Labute approximate surface area is 162 Å². The molecule has 3 fully saturated rings. The van der Waals surface area contributed by atoms with E-state index < -0.39 is 0 Å². The first kappa shape index (κ1) is 17.5. The van der Waals surface area contributed by atoms with Gasteiger partial charge in [0, 0.05) is 43.6 Å². The summed E-state index contributed by atoms with van der Waals surface area (Å²) in [7, 11) is 6.15. The molecular formula is C23H30N2O2. The number of rotatable bonds is 5. The molecule has 3 aliphatic rings. The second-order valence-corrected chi connectivity index (χ2v) is 8.93. The van der Waals surface area contributed by atoms with Gasteiger partial charge >= 0.3 is 0 Å². The van der Waals surface area contributed by atoms with Crippen LogP contribution < -0.4 is 4.74 Å². The lowest BCUT2D eigenvalue weighted by atomic mass is 9.73. The van der Waals surface area contributed by atoms with Gasteiger partial charge in [-0.2, -0.15) is 0 Å². The van der Waals surface area contributed by atoms with Crippen LogP contribution in [0, 0.1) is 11.8 Å². The van der Waals surface area contributed by atoms with E-state index in [0.29, 0.717) is 17.9 Å². The van der Waals surface area contributed by atoms with Crippen molar-refractivity contribution in [2.24, 2.45) is 11.8 Å². The molecule has 2 bridgehead atoms. The van der Waals surface area contributed by atoms with E-state index in [1.807, 2.05) is 0 Å². The molecule has 0 aliphatic carbocycles. The lowest BCUT2D eigenvalue weighted by Gasteiger charge is -2.31. The maximum absolute atomic E-state index is 6.61. The Morgan fingerprint density at radius 3 is 2.89 bits per heavy atom. The molecule has 5 rings (SSSR count). The number of nitrogens with zero attached hydrogens (tertiary/aromatic N) is 2. The number of hydrogen-bond acceptors (Lipinski definition) is 4. The van der Waals surface area contributed by atoms with E-state index >= 15 is 0 Å². The van der Waals surface area contributed by atoms with Gasteiger partial charge in [-0.05, 0) is 43.8 Å². The molecule has 144 valence electrons. The van der Waals surface area contributed by atoms with Crippen molar-refractivity contribution in [2.45, 2.75) is 31.1 Å². The van der Waals surface area contributed by atoms with E-state index in [4.69, 9.17) is 9.47 Å². The van der Waals surface area contributed by atoms with Crippen LogP contribution in [-0.2, 0) is 11.3 Å². The predicted molar refractivity (Wildman–Crippen MR) is 108 cm³/mol. The summed E-state index contributed by atoms with van der Waals surface area (Å²) >= 11 is 0. The van der Waals surface area contributed by atoms with Crippen LogP contribution in [0.4, 0.5) is 0 Å². The molecule has 3 saturated heterocycles. The molecule has 0 N–H and O–H groups in total. The molecule has 0 radical (unpaired) electrons. The van der Waals surface area contributed by atoms with Gasteiger partial charge in [0.1, 0.15) is 5.75 Å². The predicted octanol–water partition coefficient (Wildman–Crippen LogP) is 3.39. The average Bonchev–Trinajstić information content (AvgIpc) is 3.31. The highest BCUT2D eigenvalue weighted by molar-refractivity contribution is 5.87. The summed E-state index contributed by atoms with van der Waals surface area (Å²) < 4.78 is 12.3. The van der Waals surface area contributed by atoms with E-state index in [9.17, 15) is 0 Å². The minimum absolute atomic E-state index is 0.100. The zero-order valence-electron chi connectivity index (χ0n) is 16.6. The van der Waals surface area contributed by atoms with E-state index in [1.54, 1.807) is 7.11 Å². The maximum atomic E-state index is 6.61. The molecular weight excluding hydrogens is 336 g/mol. The Bertz CT molecular complexity index is 851. The molecule has 0 amide bonds. The van der Waals surface area contributed by atoms with Gasteiger partial charge in [0.05, 0.1) is 18.8 Å². The topological polar surface area (TPSA) is 24.9 Å². The Kier molecular flexibility index (Phi) is 4.19. The number of likely N-dealkylation sites (tertiary alicyclic amines) is 1. The molecule has 27 heavy (non-hydrogen) atoms. The second-order valence-electron chi connectivity index (χ2n) is 8.93. The lowest BCUT2D eigenvalue weighted by Crippen LogP contribution is -2.40. The van der Waals surface area contributed by atoms with Crippen LogP contribution >= 0.6 is 0 Å². The third kappa shape index (κ3) is 2.77. The highest BCUT2D eigenvalue weighted by Crippen LogP contribution is 2.55. The van der Waals surface area contributed by atoms with Crippen LogP contribution in [-0.4, -0.2) is 62.3 Å². The van der Waals surface area contributed by atoms with Gasteiger partial charge in [-0.1, -0.05) is 30.3 Å². The van der Waals surface area contributed by atoms with Crippen LogP contribution in [0.2, 0.25) is 0 Å². The monoisotopic (exact) mass is 366 g/mol. The molecule has 0 saturated carbocycles. The number of ether oxygens (including phenoxy) is 2. The van der Waals surface area contributed by atoms with E-state index in [0.717, 1.165) is 31.9 Å². The summed E-state index contributed by atoms with van der Waals surface area (Å²) in [5.74, 6) is 2.34. The number of methoxy groups -OCH3 is 1. The zero-order chi connectivity index (χ0) is 18.6. The average molecular weight is 367 g/mol. The van der Waals surface area contributed by atoms with Crippen molar-refractivity contribution >= 4 is 10.8 Å². The molecule has 3 aliphatic heterocycles. The van der Waals surface area contributed by atoms with Crippen molar-refractivity contribution in [2.75, 3.05) is 40.8 Å². The van der Waals surface area contributed by atoms with Crippen LogP contribution in [0.5, 0.6) is 5.75 Å². The summed E-state index contributed by atoms with van der Waals surface area (Å²) in [5, 5.41) is 2.59. The van der Waals surface area contributed by atoms with Crippen molar-refractivity contribution in [1.29, 1.82) is 0 Å². The summed E-state index contributed by atoms with van der Waals surface area (Å²) in [5.41, 5.74) is 1.41. The first-order valence-corrected chi connectivity index (χ1v) is 10.2. The fraction of sp³-hybridized carbons (Fsp3) is 0.565. The molecule has 1 spiro atoms. The van der Waals surface area contributed by atoms with Crippen LogP contribution in [0.15, 0.2) is 36.4 Å². The molecule has 0 unspecified atom stereocenters. The molecule has 2 aromatic rings. The summed E-state index contributed by atoms with van der Waals surface area (Å²) in [6.45, 7) is 4.28. The highest BCUT2D eigenvalue weighted by atomic mass is 16.5. The zero-order valence-corrected chi connectivity index (χ0v) is 16.6. The van der Waals surface area contributed by atoms with Crippen LogP contribution in [0.25, 0.3) is 10.8 Å². The largest absolute Gasteiger partial charge is 0.496 e. The molecule has 4 atom stereocenters. The van der Waals surface area contributed by atoms with E-state index in [1.165, 1.54) is 29.2 Å². The van der Waals surface area contributed by atoms with Crippen LogP contribution in [0.3, 0.4) is 0 Å². The summed E-state index contributed by atoms with van der Waals surface area (Å²) in [6.07, 6.45) is 2.95. The fourth-order valence-electron chi connectivity index (χ4n) is 5.97. The minimum atomic E-state index is 0.100. The second kappa shape index (κ2) is 6.47. The number of fused-ring (bicyclic) bond motifs is 2. The normalized spacial score (nSPS) is 32.5. The van der Waals surface area contributed by atoms with Gasteiger partial charge in [-0.15, -0.1) is 0 Å². The summed E-state index contributed by atoms with van der Waals surface area (Å²) in [4.78, 5) is 4.94. The first-order chi connectivity index (χ1) is 13.1. The molecule has 4 heteroatoms. The van der Waals surface area contributed by atoms with Crippen molar-refractivity contribution < 1.29 is 9.47 Å². The smallest absolute Gasteiger partial charge is 0.123 e. The fourth-order valence-corrected chi connectivity index (χ4v) is 5.97. The third-order valence-corrected chi connectivity index (χ3v) is 7.03. The lowest BCUT2D eigenvalue weighted by molar-refractivity contribution is 0.00143. The summed E-state index contributed by atoms with van der Waals surface area (Å²) in [6, 6.07) is 12.9. The van der Waals surface area contributed by atoms with Gasteiger partial charge in [-0.3, -0.25) is 4.90 Å². The molecule has 3 heterocycles. The van der Waals surface area contributed by atoms with Gasteiger partial charge in [0.2, 0.25) is 0 Å². The minimum Gasteiger partial charge on any atom is -0.496 e. The number of hydrogen-bond donors (Lipinski definition) is 0. The van der Waals surface area contributed by atoms with Gasteiger partial charge < -0.3 is 14.4 Å². The van der Waals surface area contributed by atoms with Crippen molar-refractivity contribution in [3.63, 3.8) is 0 Å². The highest BCUT2D eigenvalue weighted by Gasteiger charge is 2.62. The Hall–Kier alpha value is -1.62. The Morgan fingerprint density at radius 2 is 2.07 bits per heavy atom. The van der Waals surface area contributed by atoms with Crippen molar-refractivity contribution in [3.05, 3.63) is 42.0 Å². The number of benzene rings is 2. The Morgan fingerprint density at radius 1 is 1.22 bits per heavy atom. The van der Waals surface area contributed by atoms with E-state index in [-0.39, 0.29) is 5.60 Å². The molecule has 0 aromatic heterocycles. The Balaban J connectivity index is 1.43. The maximum Gasteiger partial charge on any atom is 0.123 e.